The van der Waals surface area contributed by atoms with Crippen LogP contribution in [0, 0.1) is 0 Å². The lowest BCUT2D eigenvalue weighted by atomic mass is 10.1. The van der Waals surface area contributed by atoms with Gasteiger partial charge in [-0.05, 0) is 36.8 Å². The number of aromatic carboxylic acids is 1. The Hall–Kier alpha value is -2.45. The molecule has 0 aliphatic carbocycles. The lowest BCUT2D eigenvalue weighted by Crippen LogP contribution is -2.35. The van der Waals surface area contributed by atoms with Gasteiger partial charge in [-0.3, -0.25) is 0 Å². The topological polar surface area (TPSA) is 94.5 Å². The van der Waals surface area contributed by atoms with E-state index >= 15 is 0 Å². The number of hydrogen-bond donors (Lipinski definition) is 4. The number of carboxylic acid groups (broad SMARTS) is 1. The highest BCUT2D eigenvalue weighted by atomic mass is 35.5. The van der Waals surface area contributed by atoms with Gasteiger partial charge in [0.25, 0.3) is 0 Å². The highest BCUT2D eigenvalue weighted by Crippen LogP contribution is 2.23. The molecular formula is C21H22ClN3O3S. The third-order valence-corrected chi connectivity index (χ3v) is 5.44. The van der Waals surface area contributed by atoms with E-state index in [9.17, 15) is 9.90 Å². The van der Waals surface area contributed by atoms with E-state index in [0.29, 0.717) is 23.8 Å². The second-order valence-electron chi connectivity index (χ2n) is 6.68. The fourth-order valence-electron chi connectivity index (χ4n) is 2.75. The first-order chi connectivity index (χ1) is 13.9. The van der Waals surface area contributed by atoms with Crippen LogP contribution in [0.15, 0.2) is 53.9 Å². The number of nitrogens with one attached hydrogen (secondary N) is 2. The molecule has 0 spiro atoms. The van der Waals surface area contributed by atoms with E-state index in [1.165, 1.54) is 0 Å². The third-order valence-electron chi connectivity index (χ3n) is 4.37. The summed E-state index contributed by atoms with van der Waals surface area (Å²) in [5, 5.41) is 28.3. The molecule has 0 saturated carbocycles. The Morgan fingerprint density at radius 2 is 1.97 bits per heavy atom. The SMILES string of the molecule is C[C@H](CNc1ccc(-c2csc(C(=O)O)n2)cc1)NC[C@H](O)c1cccc(Cl)c1. The van der Waals surface area contributed by atoms with Gasteiger partial charge in [-0.1, -0.05) is 35.9 Å². The first-order valence-electron chi connectivity index (χ1n) is 9.12. The Bertz CT molecular complexity index is 962. The van der Waals surface area contributed by atoms with Crippen molar-refractivity contribution in [3.63, 3.8) is 0 Å². The maximum atomic E-state index is 10.9. The van der Waals surface area contributed by atoms with E-state index in [0.717, 1.165) is 28.2 Å². The number of carbonyl (C=O) groups is 1. The van der Waals surface area contributed by atoms with Gasteiger partial charge in [0, 0.05) is 40.8 Å². The van der Waals surface area contributed by atoms with Crippen LogP contribution in [-0.4, -0.2) is 40.3 Å². The van der Waals surface area contributed by atoms with Crippen molar-refractivity contribution >= 4 is 34.6 Å². The minimum absolute atomic E-state index is 0.0852. The molecule has 0 amide bonds. The molecule has 29 heavy (non-hydrogen) atoms. The number of rotatable bonds is 9. The molecule has 0 radical (unpaired) electrons. The molecule has 8 heteroatoms. The van der Waals surface area contributed by atoms with Gasteiger partial charge in [0.1, 0.15) is 0 Å². The highest BCUT2D eigenvalue weighted by Gasteiger charge is 2.11. The van der Waals surface area contributed by atoms with Gasteiger partial charge in [-0.2, -0.15) is 0 Å². The Balaban J connectivity index is 1.47. The second-order valence-corrected chi connectivity index (χ2v) is 7.98. The normalized spacial score (nSPS) is 13.1. The molecule has 152 valence electrons. The van der Waals surface area contributed by atoms with Gasteiger partial charge in [0.15, 0.2) is 0 Å². The molecule has 0 aliphatic heterocycles. The number of aliphatic hydroxyl groups is 1. The van der Waals surface area contributed by atoms with Crippen molar-refractivity contribution in [1.29, 1.82) is 0 Å². The maximum absolute atomic E-state index is 10.9. The standard InChI is InChI=1S/C21H22ClN3O3S/c1-13(23-11-19(26)15-3-2-4-16(22)9-15)10-24-17-7-5-14(6-8-17)18-12-29-20(25-18)21(27)28/h2-9,12-13,19,23-24,26H,10-11H2,1H3,(H,27,28)/t13-,19+/m1/s1. The van der Waals surface area contributed by atoms with Crippen LogP contribution in [0.3, 0.4) is 0 Å². The average Bonchev–Trinajstić information content (AvgIpc) is 3.21. The fourth-order valence-corrected chi connectivity index (χ4v) is 3.61. The van der Waals surface area contributed by atoms with Gasteiger partial charge >= 0.3 is 5.97 Å². The van der Waals surface area contributed by atoms with E-state index < -0.39 is 12.1 Å². The van der Waals surface area contributed by atoms with Gasteiger partial charge in [-0.25, -0.2) is 9.78 Å². The van der Waals surface area contributed by atoms with Gasteiger partial charge in [0.05, 0.1) is 11.8 Å². The monoisotopic (exact) mass is 431 g/mol. The number of nitrogens with zero attached hydrogens (tertiary/aromatic N) is 1. The molecule has 2 atom stereocenters. The van der Waals surface area contributed by atoms with Crippen molar-refractivity contribution in [1.82, 2.24) is 10.3 Å². The number of anilines is 1. The van der Waals surface area contributed by atoms with Crippen molar-refractivity contribution in [2.24, 2.45) is 0 Å². The summed E-state index contributed by atoms with van der Waals surface area (Å²) in [5.74, 6) is -1.01. The number of aromatic nitrogens is 1. The highest BCUT2D eigenvalue weighted by molar-refractivity contribution is 7.11. The molecule has 3 rings (SSSR count). The fraction of sp³-hybridized carbons (Fsp3) is 0.238. The quantitative estimate of drug-likeness (QED) is 0.404. The lowest BCUT2D eigenvalue weighted by Gasteiger charge is -2.18. The summed E-state index contributed by atoms with van der Waals surface area (Å²) in [7, 11) is 0. The second kappa shape index (κ2) is 9.84. The lowest BCUT2D eigenvalue weighted by molar-refractivity contribution is 0.0696. The average molecular weight is 432 g/mol. The molecule has 3 aromatic rings. The molecule has 0 fully saturated rings. The van der Waals surface area contributed by atoms with Crippen LogP contribution < -0.4 is 10.6 Å². The first-order valence-corrected chi connectivity index (χ1v) is 10.4. The van der Waals surface area contributed by atoms with Crippen LogP contribution in [0.4, 0.5) is 5.69 Å². The zero-order chi connectivity index (χ0) is 20.8. The predicted octanol–water partition coefficient (Wildman–Crippen LogP) is 4.29. The summed E-state index contributed by atoms with van der Waals surface area (Å²) < 4.78 is 0. The Morgan fingerprint density at radius 3 is 2.62 bits per heavy atom. The van der Waals surface area contributed by atoms with Crippen molar-refractivity contribution < 1.29 is 15.0 Å². The van der Waals surface area contributed by atoms with Crippen molar-refractivity contribution in [3.8, 4) is 11.3 Å². The number of halogens is 1. The summed E-state index contributed by atoms with van der Waals surface area (Å²) in [4.78, 5) is 15.1. The molecule has 0 saturated heterocycles. The van der Waals surface area contributed by atoms with Crippen molar-refractivity contribution in [3.05, 3.63) is 69.5 Å². The van der Waals surface area contributed by atoms with E-state index in [1.807, 2.05) is 43.3 Å². The van der Waals surface area contributed by atoms with Crippen LogP contribution >= 0.6 is 22.9 Å². The van der Waals surface area contributed by atoms with Crippen LogP contribution in [0.5, 0.6) is 0 Å². The molecule has 6 nitrogen and oxygen atoms in total. The van der Waals surface area contributed by atoms with E-state index in [4.69, 9.17) is 16.7 Å². The Morgan fingerprint density at radius 1 is 1.21 bits per heavy atom. The Kier molecular flexibility index (Phi) is 7.22. The smallest absolute Gasteiger partial charge is 0.365 e. The summed E-state index contributed by atoms with van der Waals surface area (Å²) in [6.45, 7) is 3.15. The first kappa shape index (κ1) is 21.3. The minimum Gasteiger partial charge on any atom is -0.476 e. The number of benzene rings is 2. The van der Waals surface area contributed by atoms with Crippen molar-refractivity contribution in [2.45, 2.75) is 19.1 Å². The third kappa shape index (κ3) is 6.01. The van der Waals surface area contributed by atoms with Gasteiger partial charge in [-0.15, -0.1) is 11.3 Å². The largest absolute Gasteiger partial charge is 0.476 e. The molecule has 0 aliphatic rings. The van der Waals surface area contributed by atoms with Gasteiger partial charge in [0.2, 0.25) is 5.01 Å². The van der Waals surface area contributed by atoms with Crippen molar-refractivity contribution in [2.75, 3.05) is 18.4 Å². The molecule has 0 unspecified atom stereocenters. The van der Waals surface area contributed by atoms with E-state index in [-0.39, 0.29) is 11.0 Å². The maximum Gasteiger partial charge on any atom is 0.365 e. The number of aliphatic hydroxyl groups excluding tert-OH is 1. The molecular weight excluding hydrogens is 410 g/mol. The van der Waals surface area contributed by atoms with Crippen LogP contribution in [-0.2, 0) is 0 Å². The number of hydrogen-bond acceptors (Lipinski definition) is 6. The Labute approximate surface area is 178 Å². The van der Waals surface area contributed by atoms with Crippen LogP contribution in [0.1, 0.15) is 28.4 Å². The number of thiazole rings is 1. The minimum atomic E-state index is -1.01. The molecule has 0 bridgehead atoms. The van der Waals surface area contributed by atoms with E-state index in [2.05, 4.69) is 15.6 Å². The van der Waals surface area contributed by atoms with Gasteiger partial charge < -0.3 is 20.8 Å². The van der Waals surface area contributed by atoms with E-state index in [1.54, 1.807) is 17.5 Å². The molecule has 4 N–H and O–H groups in total. The zero-order valence-corrected chi connectivity index (χ0v) is 17.4. The molecule has 2 aromatic carbocycles. The summed E-state index contributed by atoms with van der Waals surface area (Å²) in [5.41, 5.74) is 3.26. The summed E-state index contributed by atoms with van der Waals surface area (Å²) in [6, 6.07) is 15.0. The van der Waals surface area contributed by atoms with Crippen LogP contribution in [0.2, 0.25) is 5.02 Å². The molecule has 1 heterocycles. The number of carboxylic acids is 1. The van der Waals surface area contributed by atoms with Crippen LogP contribution in [0.25, 0.3) is 11.3 Å². The molecule has 1 aromatic heterocycles. The predicted molar refractivity (Wildman–Crippen MR) is 117 cm³/mol. The summed E-state index contributed by atoms with van der Waals surface area (Å²) >= 11 is 7.08. The summed E-state index contributed by atoms with van der Waals surface area (Å²) in [6.07, 6.45) is -0.621. The zero-order valence-electron chi connectivity index (χ0n) is 15.8.